The molecule has 4 aromatic rings. The summed E-state index contributed by atoms with van der Waals surface area (Å²) in [6.45, 7) is 5.22. The summed E-state index contributed by atoms with van der Waals surface area (Å²) in [6.07, 6.45) is 3.61. The second-order valence-electron chi connectivity index (χ2n) is 11.7. The van der Waals surface area contributed by atoms with Crippen LogP contribution in [0.25, 0.3) is 11.0 Å². The third-order valence-corrected chi connectivity index (χ3v) is 10.4. The maximum absolute atomic E-state index is 11.7. The number of carboxylic acid groups (broad SMARTS) is 1. The van der Waals surface area contributed by atoms with Crippen LogP contribution in [0, 0.1) is 5.92 Å². The van der Waals surface area contributed by atoms with Crippen LogP contribution in [-0.2, 0) is 28.7 Å². The molecule has 4 aliphatic heterocycles. The van der Waals surface area contributed by atoms with Gasteiger partial charge in [-0.05, 0) is 60.7 Å². The summed E-state index contributed by atoms with van der Waals surface area (Å²) < 4.78 is 20.8. The van der Waals surface area contributed by atoms with Gasteiger partial charge in [0.15, 0.2) is 11.5 Å². The van der Waals surface area contributed by atoms with E-state index < -0.39 is 11.8 Å². The van der Waals surface area contributed by atoms with Crippen molar-refractivity contribution < 1.29 is 24.1 Å². The van der Waals surface area contributed by atoms with E-state index in [1.807, 2.05) is 31.2 Å². The van der Waals surface area contributed by atoms with Gasteiger partial charge in [-0.1, -0.05) is 29.4 Å². The standard InChI is InChI=1S/C31H28ClN4O5Si/c1-30(25-8-6-21(32)13-33-25)40-24-4-2-3-19(28(24)41-30)11-18-14-35(15-18)16-27-34-22-7-5-20(29(37)38)12-23(22)36(27)31(17-42-31)26-9-10-39-26/h2-8,12-13,17-18,26H,9-11,14-16H2,1H3,(H,37,38)/t26?,30?,31-/m1/s1. The van der Waals surface area contributed by atoms with Gasteiger partial charge < -0.3 is 23.9 Å². The summed E-state index contributed by atoms with van der Waals surface area (Å²) >= 11 is 6.03. The lowest BCUT2D eigenvalue weighted by atomic mass is 9.91. The third kappa shape index (κ3) is 4.19. The van der Waals surface area contributed by atoms with Crippen LogP contribution in [0.2, 0.25) is 5.02 Å². The number of fused-ring (bicyclic) bond motifs is 2. The molecule has 0 spiro atoms. The molecule has 1 N–H and O–H groups in total. The van der Waals surface area contributed by atoms with Crippen molar-refractivity contribution in [3.05, 3.63) is 82.4 Å². The van der Waals surface area contributed by atoms with Crippen LogP contribution in [0.1, 0.15) is 40.8 Å². The number of carbonyl (C=O) groups is 1. The predicted molar refractivity (Wildman–Crippen MR) is 158 cm³/mol. The zero-order valence-corrected chi connectivity index (χ0v) is 24.7. The van der Waals surface area contributed by atoms with E-state index in [2.05, 4.69) is 26.2 Å². The first kappa shape index (κ1) is 26.1. The molecule has 0 saturated carbocycles. The molecule has 213 valence electrons. The first-order valence-corrected chi connectivity index (χ1v) is 15.6. The van der Waals surface area contributed by atoms with Gasteiger partial charge in [0.05, 0.1) is 48.6 Å². The van der Waals surface area contributed by atoms with Crippen molar-refractivity contribution >= 4 is 43.4 Å². The van der Waals surface area contributed by atoms with Crippen molar-refractivity contribution in [1.82, 2.24) is 19.4 Å². The van der Waals surface area contributed by atoms with Crippen molar-refractivity contribution in [2.75, 3.05) is 19.7 Å². The van der Waals surface area contributed by atoms with Gasteiger partial charge in [0, 0.05) is 32.8 Å². The Labute approximate surface area is 249 Å². The van der Waals surface area contributed by atoms with Crippen molar-refractivity contribution in [2.45, 2.75) is 43.4 Å². The van der Waals surface area contributed by atoms with Crippen molar-refractivity contribution in [3.8, 4) is 11.5 Å². The average Bonchev–Trinajstić information content (AvgIpc) is 3.46. The molecule has 2 aromatic carbocycles. The number of carboxylic acids is 1. The molecule has 2 unspecified atom stereocenters. The van der Waals surface area contributed by atoms with Crippen LogP contribution in [0.5, 0.6) is 11.5 Å². The number of benzene rings is 2. The van der Waals surface area contributed by atoms with Crippen LogP contribution in [0.3, 0.4) is 0 Å². The van der Waals surface area contributed by atoms with Gasteiger partial charge in [-0.25, -0.2) is 9.78 Å². The minimum absolute atomic E-state index is 0.126. The fraction of sp³-hybridized carbons (Fsp3) is 0.355. The highest BCUT2D eigenvalue weighted by molar-refractivity contribution is 6.71. The molecule has 0 bridgehead atoms. The zero-order chi connectivity index (χ0) is 28.6. The number of hydrogen-bond donors (Lipinski definition) is 1. The highest BCUT2D eigenvalue weighted by Gasteiger charge is 2.50. The smallest absolute Gasteiger partial charge is 0.335 e. The monoisotopic (exact) mass is 599 g/mol. The Balaban J connectivity index is 0.995. The number of aromatic nitrogens is 3. The van der Waals surface area contributed by atoms with Crippen LogP contribution in [0.15, 0.2) is 54.7 Å². The number of hydrogen-bond acceptors (Lipinski definition) is 7. The summed E-state index contributed by atoms with van der Waals surface area (Å²) in [7, 11) is 0.627. The van der Waals surface area contributed by atoms with Crippen molar-refractivity contribution in [2.24, 2.45) is 5.92 Å². The maximum atomic E-state index is 11.7. The second-order valence-corrected chi connectivity index (χ2v) is 13.5. The minimum atomic E-state index is -1.01. The number of nitrogens with zero attached hydrogens (tertiary/aromatic N) is 4. The number of pyridine rings is 1. The molecule has 6 heterocycles. The molecule has 0 aliphatic carbocycles. The molecule has 4 aliphatic rings. The van der Waals surface area contributed by atoms with Crippen LogP contribution >= 0.6 is 11.6 Å². The number of ether oxygens (including phenoxy) is 3. The molecule has 8 rings (SSSR count). The van der Waals surface area contributed by atoms with Gasteiger partial charge in [-0.2, -0.15) is 0 Å². The van der Waals surface area contributed by atoms with E-state index >= 15 is 0 Å². The quantitative estimate of drug-likeness (QED) is 0.303. The van der Waals surface area contributed by atoms with E-state index in [1.54, 1.807) is 24.4 Å². The normalized spacial score (nSPS) is 26.3. The number of imidazole rings is 1. The fourth-order valence-electron chi connectivity index (χ4n) is 6.43. The van der Waals surface area contributed by atoms with E-state index in [9.17, 15) is 9.90 Å². The molecule has 0 amide bonds. The number of aromatic carboxylic acids is 1. The predicted octanol–water partition coefficient (Wildman–Crippen LogP) is 4.06. The number of likely N-dealkylation sites (tertiary alicyclic amines) is 1. The Morgan fingerprint density at radius 3 is 2.71 bits per heavy atom. The maximum Gasteiger partial charge on any atom is 0.335 e. The highest BCUT2D eigenvalue weighted by Crippen LogP contribution is 2.46. The lowest BCUT2D eigenvalue weighted by molar-refractivity contribution is -0.0727. The zero-order valence-electron chi connectivity index (χ0n) is 22.9. The summed E-state index contributed by atoms with van der Waals surface area (Å²) in [6, 6.07) is 14.9. The van der Waals surface area contributed by atoms with Gasteiger partial charge in [0.1, 0.15) is 11.5 Å². The van der Waals surface area contributed by atoms with E-state index in [-0.39, 0.29) is 16.8 Å². The second kappa shape index (κ2) is 9.47. The van der Waals surface area contributed by atoms with Gasteiger partial charge in [-0.15, -0.1) is 0 Å². The number of rotatable bonds is 8. The summed E-state index contributed by atoms with van der Waals surface area (Å²) in [4.78, 5) is 23.6. The molecule has 3 atom stereocenters. The Kier molecular flexibility index (Phi) is 5.88. The van der Waals surface area contributed by atoms with Crippen molar-refractivity contribution in [3.63, 3.8) is 0 Å². The summed E-state index contributed by atoms with van der Waals surface area (Å²) in [5.74, 6) is 0.997. The lowest BCUT2D eigenvalue weighted by Crippen LogP contribution is -2.49. The Morgan fingerprint density at radius 1 is 1.19 bits per heavy atom. The molecular weight excluding hydrogens is 572 g/mol. The van der Waals surface area contributed by atoms with Crippen LogP contribution in [0.4, 0.5) is 0 Å². The molecule has 11 heteroatoms. The third-order valence-electron chi connectivity index (χ3n) is 8.73. The van der Waals surface area contributed by atoms with Crippen LogP contribution < -0.4 is 9.47 Å². The number of halogens is 1. The van der Waals surface area contributed by atoms with Gasteiger partial charge >= 0.3 is 5.97 Å². The largest absolute Gasteiger partial charge is 0.478 e. The topological polar surface area (TPSA) is 98.9 Å². The number of para-hydroxylation sites is 1. The summed E-state index contributed by atoms with van der Waals surface area (Å²) in [5.41, 5.74) is 6.07. The van der Waals surface area contributed by atoms with Crippen LogP contribution in [-0.4, -0.2) is 71.1 Å². The summed E-state index contributed by atoms with van der Waals surface area (Å²) in [5, 5.41) is 9.99. The molecule has 2 aromatic heterocycles. The van der Waals surface area contributed by atoms with E-state index in [1.165, 1.54) is 0 Å². The molecule has 1 radical (unpaired) electrons. The van der Waals surface area contributed by atoms with E-state index in [0.29, 0.717) is 32.3 Å². The molecular formula is C31H28ClN4O5Si. The van der Waals surface area contributed by atoms with Crippen molar-refractivity contribution in [1.29, 1.82) is 0 Å². The van der Waals surface area contributed by atoms with Gasteiger partial charge in [0.2, 0.25) is 0 Å². The van der Waals surface area contributed by atoms with Gasteiger partial charge in [-0.3, -0.25) is 9.88 Å². The Hall–Kier alpha value is -3.57. The highest BCUT2D eigenvalue weighted by atomic mass is 35.5. The average molecular weight is 600 g/mol. The first-order chi connectivity index (χ1) is 20.3. The van der Waals surface area contributed by atoms with E-state index in [0.717, 1.165) is 66.5 Å². The Morgan fingerprint density at radius 2 is 2.02 bits per heavy atom. The molecule has 2 saturated heterocycles. The molecule has 2 fully saturated rings. The SMILES string of the molecule is CC1(c2ccc(Cl)cn2)Oc2cccc(CC3CN(Cc4nc5ccc(C(=O)O)cc5n4[C@]4(C5CCO5)C=[Si]4)C3)c2O1. The Bertz CT molecular complexity index is 1760. The van der Waals surface area contributed by atoms with Gasteiger partial charge in [0.25, 0.3) is 5.79 Å². The lowest BCUT2D eigenvalue weighted by Gasteiger charge is -2.41. The molecule has 42 heavy (non-hydrogen) atoms. The minimum Gasteiger partial charge on any atom is -0.478 e. The molecule has 9 nitrogen and oxygen atoms in total. The first-order valence-electron chi connectivity index (χ1n) is 14.1. The fourth-order valence-corrected chi connectivity index (χ4v) is 7.80. The van der Waals surface area contributed by atoms with E-state index in [4.69, 9.17) is 30.8 Å².